The van der Waals surface area contributed by atoms with Crippen molar-refractivity contribution in [3.05, 3.63) is 38.3 Å². The molecule has 1 aromatic carbocycles. The largest absolute Gasteiger partial charge is 0.350 e. The highest BCUT2D eigenvalue weighted by atomic mass is 79.9. The van der Waals surface area contributed by atoms with Crippen LogP contribution in [-0.4, -0.2) is 30.0 Å². The second kappa shape index (κ2) is 7.20. The van der Waals surface area contributed by atoms with Crippen LogP contribution in [0.5, 0.6) is 0 Å². The van der Waals surface area contributed by atoms with Gasteiger partial charge in [0.2, 0.25) is 0 Å². The molecule has 0 aliphatic rings. The summed E-state index contributed by atoms with van der Waals surface area (Å²) < 4.78 is 0.412. The summed E-state index contributed by atoms with van der Waals surface area (Å²) in [6.45, 7) is 5.29. The van der Waals surface area contributed by atoms with Gasteiger partial charge in [0.25, 0.3) is 11.6 Å². The van der Waals surface area contributed by atoms with E-state index in [4.69, 9.17) is 0 Å². The first-order valence-electron chi connectivity index (χ1n) is 5.91. The molecule has 0 unspecified atom stereocenters. The molecule has 0 aliphatic carbocycles. The van der Waals surface area contributed by atoms with E-state index in [1.54, 1.807) is 0 Å². The van der Waals surface area contributed by atoms with Crippen LogP contribution in [0.4, 0.5) is 5.69 Å². The van der Waals surface area contributed by atoms with E-state index in [1.807, 2.05) is 13.8 Å². The number of non-ortho nitro benzene ring substituents is 1. The minimum absolute atomic E-state index is 0.0514. The minimum Gasteiger partial charge on any atom is -0.350 e. The van der Waals surface area contributed by atoms with Crippen molar-refractivity contribution in [3.8, 4) is 0 Å². The lowest BCUT2D eigenvalue weighted by Crippen LogP contribution is -2.38. The number of nitro benzene ring substituents is 1. The highest BCUT2D eigenvalue weighted by Crippen LogP contribution is 2.22. The van der Waals surface area contributed by atoms with Gasteiger partial charge in [0.15, 0.2) is 0 Å². The van der Waals surface area contributed by atoms with Crippen molar-refractivity contribution < 1.29 is 9.72 Å². The van der Waals surface area contributed by atoms with Gasteiger partial charge in [-0.2, -0.15) is 0 Å². The van der Waals surface area contributed by atoms with Gasteiger partial charge in [0.05, 0.1) is 10.5 Å². The van der Waals surface area contributed by atoms with Crippen molar-refractivity contribution in [2.24, 2.45) is 0 Å². The molecule has 104 valence electrons. The molecule has 1 rings (SSSR count). The van der Waals surface area contributed by atoms with E-state index >= 15 is 0 Å². The van der Waals surface area contributed by atoms with Gasteiger partial charge in [-0.1, -0.05) is 6.92 Å². The summed E-state index contributed by atoms with van der Waals surface area (Å²) in [6.07, 6.45) is 0. The third-order valence-corrected chi connectivity index (χ3v) is 3.19. The van der Waals surface area contributed by atoms with Gasteiger partial charge in [0.1, 0.15) is 0 Å². The lowest BCUT2D eigenvalue weighted by Gasteiger charge is -2.13. The molecule has 7 heteroatoms. The van der Waals surface area contributed by atoms with Crippen molar-refractivity contribution in [2.75, 3.05) is 13.1 Å². The van der Waals surface area contributed by atoms with Gasteiger partial charge in [-0.3, -0.25) is 14.9 Å². The average Bonchev–Trinajstić information content (AvgIpc) is 2.36. The molecule has 1 aromatic rings. The van der Waals surface area contributed by atoms with Crippen LogP contribution in [0.25, 0.3) is 0 Å². The molecule has 6 nitrogen and oxygen atoms in total. The Morgan fingerprint density at radius 3 is 2.74 bits per heavy atom. The molecule has 0 bridgehead atoms. The number of rotatable bonds is 6. The number of amides is 1. The Balaban J connectivity index is 2.70. The summed E-state index contributed by atoms with van der Waals surface area (Å²) in [5.74, 6) is -0.258. The molecule has 2 N–H and O–H groups in total. The quantitative estimate of drug-likeness (QED) is 0.618. The Hall–Kier alpha value is -1.47. The van der Waals surface area contributed by atoms with Crippen molar-refractivity contribution in [1.82, 2.24) is 10.6 Å². The first kappa shape index (κ1) is 15.6. The summed E-state index contributed by atoms with van der Waals surface area (Å²) in [4.78, 5) is 22.0. The van der Waals surface area contributed by atoms with Crippen LogP contribution in [-0.2, 0) is 0 Å². The third-order valence-electron chi connectivity index (χ3n) is 2.53. The topological polar surface area (TPSA) is 84.3 Å². The number of benzene rings is 1. The number of hydrogen-bond acceptors (Lipinski definition) is 4. The van der Waals surface area contributed by atoms with Crippen LogP contribution >= 0.6 is 15.9 Å². The van der Waals surface area contributed by atoms with E-state index in [0.29, 0.717) is 16.6 Å². The fourth-order valence-electron chi connectivity index (χ4n) is 1.56. The Morgan fingerprint density at radius 2 is 2.21 bits per heavy atom. The number of nitrogens with one attached hydrogen (secondary N) is 2. The maximum Gasteiger partial charge on any atom is 0.270 e. The molecule has 0 saturated carbocycles. The summed E-state index contributed by atoms with van der Waals surface area (Å²) in [6, 6.07) is 4.25. The number of carbonyl (C=O) groups is 1. The standard InChI is InChI=1S/C12H16BrN3O3/c1-3-14-8(2)7-15-12(17)10-5-4-9(16(18)19)6-11(10)13/h4-6,8,14H,3,7H2,1-2H3,(H,15,17)/t8-/m1/s1. The van der Waals surface area contributed by atoms with Gasteiger partial charge in [-0.05, 0) is 35.5 Å². The first-order chi connectivity index (χ1) is 8.95. The van der Waals surface area contributed by atoms with Crippen LogP contribution in [0.1, 0.15) is 24.2 Å². The van der Waals surface area contributed by atoms with Crippen LogP contribution in [0.2, 0.25) is 0 Å². The summed E-state index contributed by atoms with van der Waals surface area (Å²) in [5.41, 5.74) is 0.332. The zero-order valence-corrected chi connectivity index (χ0v) is 12.4. The van der Waals surface area contributed by atoms with Gasteiger partial charge in [-0.25, -0.2) is 0 Å². The van der Waals surface area contributed by atoms with Crippen molar-refractivity contribution in [3.63, 3.8) is 0 Å². The number of nitrogens with zero attached hydrogens (tertiary/aromatic N) is 1. The lowest BCUT2D eigenvalue weighted by molar-refractivity contribution is -0.384. The molecule has 0 spiro atoms. The van der Waals surface area contributed by atoms with Crippen molar-refractivity contribution >= 4 is 27.5 Å². The number of halogens is 1. The molecule has 1 amide bonds. The van der Waals surface area contributed by atoms with Crippen molar-refractivity contribution in [1.29, 1.82) is 0 Å². The number of hydrogen-bond donors (Lipinski definition) is 2. The van der Waals surface area contributed by atoms with Gasteiger partial charge < -0.3 is 10.6 Å². The van der Waals surface area contributed by atoms with E-state index in [-0.39, 0.29) is 17.6 Å². The Morgan fingerprint density at radius 1 is 1.53 bits per heavy atom. The Kier molecular flexibility index (Phi) is 5.91. The number of likely N-dealkylation sites (N-methyl/N-ethyl adjacent to an activating group) is 1. The zero-order valence-electron chi connectivity index (χ0n) is 10.8. The molecule has 0 fully saturated rings. The van der Waals surface area contributed by atoms with Crippen LogP contribution < -0.4 is 10.6 Å². The second-order valence-electron chi connectivity index (χ2n) is 4.09. The van der Waals surface area contributed by atoms with E-state index in [1.165, 1.54) is 18.2 Å². The molecule has 0 radical (unpaired) electrons. The Bertz CT molecular complexity index is 479. The predicted molar refractivity (Wildman–Crippen MR) is 76.3 cm³/mol. The number of carbonyl (C=O) groups excluding carboxylic acids is 1. The minimum atomic E-state index is -0.500. The maximum absolute atomic E-state index is 11.9. The molecule has 0 aliphatic heterocycles. The summed E-state index contributed by atoms with van der Waals surface area (Å²) in [5, 5.41) is 16.5. The average molecular weight is 330 g/mol. The molecular formula is C12H16BrN3O3. The second-order valence-corrected chi connectivity index (χ2v) is 4.94. The smallest absolute Gasteiger partial charge is 0.270 e. The van der Waals surface area contributed by atoms with E-state index < -0.39 is 4.92 Å². The number of nitro groups is 1. The first-order valence-corrected chi connectivity index (χ1v) is 6.70. The molecule has 0 saturated heterocycles. The molecular weight excluding hydrogens is 314 g/mol. The van der Waals surface area contributed by atoms with Crippen LogP contribution in [0, 0.1) is 10.1 Å². The monoisotopic (exact) mass is 329 g/mol. The molecule has 0 aromatic heterocycles. The SMILES string of the molecule is CCN[C@H](C)CNC(=O)c1ccc([N+](=O)[O-])cc1Br. The van der Waals surface area contributed by atoms with Crippen LogP contribution in [0.15, 0.2) is 22.7 Å². The van der Waals surface area contributed by atoms with Gasteiger partial charge in [0, 0.05) is 29.2 Å². The fourth-order valence-corrected chi connectivity index (χ4v) is 2.11. The fraction of sp³-hybridized carbons (Fsp3) is 0.417. The summed E-state index contributed by atoms with van der Waals surface area (Å²) in [7, 11) is 0. The lowest BCUT2D eigenvalue weighted by atomic mass is 10.2. The molecule has 19 heavy (non-hydrogen) atoms. The zero-order chi connectivity index (χ0) is 14.4. The van der Waals surface area contributed by atoms with E-state index in [2.05, 4.69) is 26.6 Å². The Labute approximate surface area is 119 Å². The maximum atomic E-state index is 11.9. The molecule has 0 heterocycles. The van der Waals surface area contributed by atoms with E-state index in [9.17, 15) is 14.9 Å². The predicted octanol–water partition coefficient (Wildman–Crippen LogP) is 2.09. The molecule has 1 atom stereocenters. The van der Waals surface area contributed by atoms with Crippen molar-refractivity contribution in [2.45, 2.75) is 19.9 Å². The normalized spacial score (nSPS) is 11.9. The summed E-state index contributed by atoms with van der Waals surface area (Å²) >= 11 is 3.17. The third kappa shape index (κ3) is 4.60. The van der Waals surface area contributed by atoms with Gasteiger partial charge in [-0.15, -0.1) is 0 Å². The van der Waals surface area contributed by atoms with Crippen LogP contribution in [0.3, 0.4) is 0 Å². The highest BCUT2D eigenvalue weighted by molar-refractivity contribution is 9.10. The van der Waals surface area contributed by atoms with Gasteiger partial charge >= 0.3 is 0 Å². The van der Waals surface area contributed by atoms with E-state index in [0.717, 1.165) is 6.54 Å². The highest BCUT2D eigenvalue weighted by Gasteiger charge is 2.14.